The molecule has 0 unspecified atom stereocenters. The van der Waals surface area contributed by atoms with Crippen LogP contribution in [0.1, 0.15) is 13.8 Å². The van der Waals surface area contributed by atoms with E-state index in [1.807, 2.05) is 0 Å². The van der Waals surface area contributed by atoms with E-state index in [2.05, 4.69) is 62.0 Å². The van der Waals surface area contributed by atoms with E-state index in [4.69, 9.17) is 0 Å². The van der Waals surface area contributed by atoms with Crippen LogP contribution in [0.4, 0.5) is 11.4 Å². The molecule has 13 heavy (non-hydrogen) atoms. The number of anilines is 2. The second kappa shape index (κ2) is 2.41. The summed E-state index contributed by atoms with van der Waals surface area (Å²) in [5, 5.41) is 0. The van der Waals surface area contributed by atoms with Gasteiger partial charge >= 0.3 is 0 Å². The van der Waals surface area contributed by atoms with Gasteiger partial charge in [0.25, 0.3) is 0 Å². The van der Waals surface area contributed by atoms with Gasteiger partial charge in [0.05, 0.1) is 11.4 Å². The van der Waals surface area contributed by atoms with Crippen LogP contribution in [0.25, 0.3) is 0 Å². The molecule has 0 aliphatic carbocycles. The molecule has 0 atom stereocenters. The van der Waals surface area contributed by atoms with Gasteiger partial charge in [-0.3, -0.25) is 0 Å². The molecular formula is C11H16N2. The fourth-order valence-corrected chi connectivity index (χ4v) is 1.85. The summed E-state index contributed by atoms with van der Waals surface area (Å²) in [4.78, 5) is 4.62. The number of rotatable bonds is 0. The van der Waals surface area contributed by atoms with Crippen LogP contribution in [-0.2, 0) is 0 Å². The zero-order valence-electron chi connectivity index (χ0n) is 8.70. The van der Waals surface area contributed by atoms with E-state index in [1.165, 1.54) is 11.4 Å². The summed E-state index contributed by atoms with van der Waals surface area (Å²) in [6, 6.07) is 8.51. The molecule has 2 heteroatoms. The third-order valence-corrected chi connectivity index (χ3v) is 3.25. The molecule has 2 rings (SSSR count). The quantitative estimate of drug-likeness (QED) is 0.598. The van der Waals surface area contributed by atoms with Crippen LogP contribution in [0.3, 0.4) is 0 Å². The van der Waals surface area contributed by atoms with E-state index in [1.54, 1.807) is 0 Å². The first-order chi connectivity index (χ1) is 6.05. The van der Waals surface area contributed by atoms with Gasteiger partial charge in [-0.05, 0) is 26.0 Å². The van der Waals surface area contributed by atoms with Crippen LogP contribution in [0, 0.1) is 0 Å². The standard InChI is InChI=1S/C11H16N2/c1-11(2)12(3)9-7-5-6-8-10(9)13(11)4/h5-8H,1-4H3. The molecule has 0 bridgehead atoms. The van der Waals surface area contributed by atoms with Crippen molar-refractivity contribution in [2.45, 2.75) is 19.5 Å². The van der Waals surface area contributed by atoms with Gasteiger partial charge in [0.15, 0.2) is 0 Å². The smallest absolute Gasteiger partial charge is 0.106 e. The number of benzene rings is 1. The Kier molecular flexibility index (Phi) is 1.56. The minimum atomic E-state index is 0.0870. The second-order valence-electron chi connectivity index (χ2n) is 4.10. The lowest BCUT2D eigenvalue weighted by atomic mass is 10.2. The Bertz CT molecular complexity index is 300. The largest absolute Gasteiger partial charge is 0.351 e. The van der Waals surface area contributed by atoms with Crippen LogP contribution < -0.4 is 9.80 Å². The fraction of sp³-hybridized carbons (Fsp3) is 0.455. The molecule has 0 fully saturated rings. The van der Waals surface area contributed by atoms with Gasteiger partial charge in [-0.25, -0.2) is 0 Å². The maximum Gasteiger partial charge on any atom is 0.106 e. The summed E-state index contributed by atoms with van der Waals surface area (Å²) in [6.07, 6.45) is 0. The Balaban J connectivity index is 2.57. The summed E-state index contributed by atoms with van der Waals surface area (Å²) in [5.74, 6) is 0. The predicted octanol–water partition coefficient (Wildman–Crippen LogP) is 2.31. The van der Waals surface area contributed by atoms with Crippen molar-refractivity contribution in [2.24, 2.45) is 0 Å². The molecule has 0 spiro atoms. The lowest BCUT2D eigenvalue weighted by Crippen LogP contribution is -2.48. The molecule has 1 aliphatic heterocycles. The first kappa shape index (κ1) is 8.42. The summed E-state index contributed by atoms with van der Waals surface area (Å²) >= 11 is 0. The monoisotopic (exact) mass is 176 g/mol. The lowest BCUT2D eigenvalue weighted by molar-refractivity contribution is 0.505. The van der Waals surface area contributed by atoms with Crippen molar-refractivity contribution in [3.63, 3.8) is 0 Å². The summed E-state index contributed by atoms with van der Waals surface area (Å²) in [7, 11) is 4.28. The first-order valence-electron chi connectivity index (χ1n) is 4.62. The third kappa shape index (κ3) is 0.947. The van der Waals surface area contributed by atoms with Crippen LogP contribution >= 0.6 is 0 Å². The van der Waals surface area contributed by atoms with Crippen LogP contribution in [-0.4, -0.2) is 19.8 Å². The van der Waals surface area contributed by atoms with Crippen molar-refractivity contribution in [1.29, 1.82) is 0 Å². The normalized spacial score (nSPS) is 19.1. The Labute approximate surface area is 79.8 Å². The minimum absolute atomic E-state index is 0.0870. The zero-order valence-corrected chi connectivity index (χ0v) is 8.70. The van der Waals surface area contributed by atoms with Gasteiger partial charge in [-0.1, -0.05) is 12.1 Å². The lowest BCUT2D eigenvalue weighted by Gasteiger charge is -2.36. The number of hydrogen-bond donors (Lipinski definition) is 0. The van der Waals surface area contributed by atoms with Crippen LogP contribution in [0.15, 0.2) is 24.3 Å². The molecule has 1 aliphatic rings. The second-order valence-corrected chi connectivity index (χ2v) is 4.10. The average Bonchev–Trinajstić information content (AvgIpc) is 2.30. The fourth-order valence-electron chi connectivity index (χ4n) is 1.85. The van der Waals surface area contributed by atoms with E-state index in [0.29, 0.717) is 0 Å². The Hall–Kier alpha value is -1.18. The van der Waals surface area contributed by atoms with Gasteiger partial charge < -0.3 is 9.80 Å². The number of para-hydroxylation sites is 2. The van der Waals surface area contributed by atoms with Crippen LogP contribution in [0.2, 0.25) is 0 Å². The van der Waals surface area contributed by atoms with Crippen LogP contribution in [0.5, 0.6) is 0 Å². The van der Waals surface area contributed by atoms with Crippen molar-refractivity contribution in [3.8, 4) is 0 Å². The van der Waals surface area contributed by atoms with Crippen molar-refractivity contribution in [1.82, 2.24) is 0 Å². The highest BCUT2D eigenvalue weighted by molar-refractivity contribution is 5.78. The van der Waals surface area contributed by atoms with E-state index in [-0.39, 0.29) is 5.66 Å². The first-order valence-corrected chi connectivity index (χ1v) is 4.62. The molecule has 0 aromatic heterocycles. The van der Waals surface area contributed by atoms with Crippen molar-refractivity contribution in [3.05, 3.63) is 24.3 Å². The molecule has 0 amide bonds. The van der Waals surface area contributed by atoms with Gasteiger partial charge in [0, 0.05) is 14.1 Å². The number of fused-ring (bicyclic) bond motifs is 1. The molecule has 0 saturated heterocycles. The van der Waals surface area contributed by atoms with Crippen molar-refractivity contribution >= 4 is 11.4 Å². The van der Waals surface area contributed by atoms with E-state index in [0.717, 1.165) is 0 Å². The Morgan fingerprint density at radius 1 is 0.923 bits per heavy atom. The Morgan fingerprint density at radius 3 is 1.69 bits per heavy atom. The minimum Gasteiger partial charge on any atom is -0.351 e. The van der Waals surface area contributed by atoms with Crippen molar-refractivity contribution in [2.75, 3.05) is 23.9 Å². The van der Waals surface area contributed by atoms with E-state index >= 15 is 0 Å². The maximum atomic E-state index is 2.31. The van der Waals surface area contributed by atoms with Crippen molar-refractivity contribution < 1.29 is 0 Å². The molecule has 2 nitrogen and oxygen atoms in total. The molecule has 0 N–H and O–H groups in total. The van der Waals surface area contributed by atoms with Gasteiger partial charge in [0.2, 0.25) is 0 Å². The van der Waals surface area contributed by atoms with Gasteiger partial charge in [-0.15, -0.1) is 0 Å². The summed E-state index contributed by atoms with van der Waals surface area (Å²) in [5.41, 5.74) is 2.72. The topological polar surface area (TPSA) is 6.48 Å². The zero-order chi connectivity index (χ0) is 9.64. The van der Waals surface area contributed by atoms with Gasteiger partial charge in [0.1, 0.15) is 5.66 Å². The molecule has 0 radical (unpaired) electrons. The summed E-state index contributed by atoms with van der Waals surface area (Å²) in [6.45, 7) is 4.46. The number of nitrogens with zero attached hydrogens (tertiary/aromatic N) is 2. The molecule has 70 valence electrons. The maximum absolute atomic E-state index is 2.31. The SMILES string of the molecule is CN1c2ccccc2N(C)C1(C)C. The molecule has 1 heterocycles. The third-order valence-electron chi connectivity index (χ3n) is 3.25. The molecule has 0 saturated carbocycles. The molecule has 1 aromatic carbocycles. The number of hydrogen-bond acceptors (Lipinski definition) is 2. The Morgan fingerprint density at radius 2 is 1.31 bits per heavy atom. The highest BCUT2D eigenvalue weighted by Gasteiger charge is 2.37. The molecular weight excluding hydrogens is 160 g/mol. The molecule has 1 aromatic rings. The highest BCUT2D eigenvalue weighted by Crippen LogP contribution is 2.42. The highest BCUT2D eigenvalue weighted by atomic mass is 15.4. The predicted molar refractivity (Wildman–Crippen MR) is 57.3 cm³/mol. The van der Waals surface area contributed by atoms with E-state index in [9.17, 15) is 0 Å². The summed E-state index contributed by atoms with van der Waals surface area (Å²) < 4.78 is 0. The van der Waals surface area contributed by atoms with Gasteiger partial charge in [-0.2, -0.15) is 0 Å². The van der Waals surface area contributed by atoms with E-state index < -0.39 is 0 Å². The average molecular weight is 176 g/mol.